The van der Waals surface area contributed by atoms with Gasteiger partial charge in [-0.05, 0) is 86.2 Å². The maximum Gasteiger partial charge on any atom is 0.328 e. The summed E-state index contributed by atoms with van der Waals surface area (Å²) in [6.07, 6.45) is 6.16. The summed E-state index contributed by atoms with van der Waals surface area (Å²) in [6, 6.07) is 18.1. The molecule has 17 nitrogen and oxygen atoms in total. The second-order valence-electron chi connectivity index (χ2n) is 19.1. The minimum absolute atomic E-state index is 0.0537. The monoisotopic (exact) mass is 892 g/mol. The minimum atomic E-state index is -0.415. The summed E-state index contributed by atoms with van der Waals surface area (Å²) in [5.41, 5.74) is 10.0. The van der Waals surface area contributed by atoms with E-state index < -0.39 is 5.91 Å². The summed E-state index contributed by atoms with van der Waals surface area (Å²) in [4.78, 5) is 68.1. The Balaban J connectivity index is 0.761. The molecule has 4 amide bonds. The van der Waals surface area contributed by atoms with Crippen LogP contribution in [0.3, 0.4) is 0 Å². The molecule has 2 aromatic carbocycles. The molecule has 17 heteroatoms. The van der Waals surface area contributed by atoms with Crippen LogP contribution in [0.25, 0.3) is 33.7 Å². The number of H-pyrrole nitrogens is 1. The number of piperidine rings is 1. The number of pyridine rings is 1. The van der Waals surface area contributed by atoms with Crippen LogP contribution in [0.2, 0.25) is 0 Å². The maximum absolute atomic E-state index is 13.0. The molecule has 0 radical (unpaired) electrons. The van der Waals surface area contributed by atoms with Crippen LogP contribution in [0.15, 0.2) is 71.6 Å². The molecule has 6 aromatic rings. The van der Waals surface area contributed by atoms with E-state index in [1.165, 1.54) is 5.69 Å². The van der Waals surface area contributed by atoms with Crippen molar-refractivity contribution in [1.82, 2.24) is 45.6 Å². The number of benzene rings is 2. The first-order chi connectivity index (χ1) is 31.8. The van der Waals surface area contributed by atoms with Gasteiger partial charge in [-0.25, -0.2) is 14.8 Å². The molecule has 0 saturated carbocycles. The summed E-state index contributed by atoms with van der Waals surface area (Å²) in [7, 11) is 0. The van der Waals surface area contributed by atoms with E-state index in [0.717, 1.165) is 114 Å². The molecule has 2 atom stereocenters. The average Bonchev–Trinajstić information content (AvgIpc) is 3.95. The number of amides is 4. The Morgan fingerprint density at radius 3 is 2.52 bits per heavy atom. The lowest BCUT2D eigenvalue weighted by Crippen LogP contribution is -2.56. The Morgan fingerprint density at radius 2 is 1.76 bits per heavy atom. The molecule has 342 valence electrons. The normalized spacial score (nSPS) is 19.0. The number of ether oxygens (including phenoxy) is 1. The van der Waals surface area contributed by atoms with Crippen molar-refractivity contribution in [2.24, 2.45) is 5.92 Å². The Hall–Kier alpha value is -6.72. The van der Waals surface area contributed by atoms with Gasteiger partial charge in [0.2, 0.25) is 5.91 Å². The topological polar surface area (TPSA) is 191 Å². The van der Waals surface area contributed by atoms with Crippen molar-refractivity contribution in [1.29, 1.82) is 0 Å². The number of hydrogen-bond donors (Lipinski definition) is 3. The summed E-state index contributed by atoms with van der Waals surface area (Å²) in [5.74, 6) is 0.419. The lowest BCUT2D eigenvalue weighted by atomic mass is 9.95. The van der Waals surface area contributed by atoms with E-state index in [0.29, 0.717) is 37.9 Å². The fourth-order valence-corrected chi connectivity index (χ4v) is 9.83. The number of nitrogens with one attached hydrogen (secondary N) is 3. The van der Waals surface area contributed by atoms with Gasteiger partial charge in [0.1, 0.15) is 12.0 Å². The van der Waals surface area contributed by atoms with E-state index in [1.807, 2.05) is 65.1 Å². The van der Waals surface area contributed by atoms with Gasteiger partial charge in [0.25, 0.3) is 0 Å². The number of hydrogen-bond acceptors (Lipinski definition) is 13. The predicted molar refractivity (Wildman–Crippen MR) is 250 cm³/mol. The first-order valence-corrected chi connectivity index (χ1v) is 23.0. The van der Waals surface area contributed by atoms with Crippen LogP contribution in [0, 0.1) is 12.8 Å². The first-order valence-electron chi connectivity index (χ1n) is 23.0. The number of carbonyl (C=O) groups is 3. The van der Waals surface area contributed by atoms with Crippen molar-refractivity contribution in [3.05, 3.63) is 95.5 Å². The van der Waals surface area contributed by atoms with Gasteiger partial charge in [-0.15, -0.1) is 0 Å². The van der Waals surface area contributed by atoms with E-state index >= 15 is 0 Å². The molecule has 0 spiro atoms. The Morgan fingerprint density at radius 1 is 0.955 bits per heavy atom. The molecule has 8 heterocycles. The van der Waals surface area contributed by atoms with Crippen LogP contribution >= 0.6 is 0 Å². The lowest BCUT2D eigenvalue weighted by molar-refractivity contribution is -0.120. The molecule has 3 N–H and O–H groups in total. The molecule has 0 aliphatic carbocycles. The smallest absolute Gasteiger partial charge is 0.328 e. The second-order valence-corrected chi connectivity index (χ2v) is 19.1. The van der Waals surface area contributed by atoms with E-state index in [-0.39, 0.29) is 35.3 Å². The molecule has 3 fully saturated rings. The molecular weight excluding hydrogens is 837 g/mol. The number of urea groups is 1. The fourth-order valence-electron chi connectivity index (χ4n) is 9.83. The molecule has 4 aliphatic rings. The van der Waals surface area contributed by atoms with Crippen LogP contribution in [-0.2, 0) is 21.6 Å². The van der Waals surface area contributed by atoms with Crippen molar-refractivity contribution < 1.29 is 23.6 Å². The van der Waals surface area contributed by atoms with E-state index in [1.54, 1.807) is 11.2 Å². The van der Waals surface area contributed by atoms with Crippen molar-refractivity contribution >= 4 is 45.9 Å². The Kier molecular flexibility index (Phi) is 11.5. The largest absolute Gasteiger partial charge is 0.375 e. The third-order valence-corrected chi connectivity index (χ3v) is 13.5. The molecule has 4 aromatic heterocycles. The van der Waals surface area contributed by atoms with Gasteiger partial charge in [-0.3, -0.25) is 29.7 Å². The summed E-state index contributed by atoms with van der Waals surface area (Å²) in [6.45, 7) is 17.4. The van der Waals surface area contributed by atoms with Gasteiger partial charge >= 0.3 is 17.8 Å². The van der Waals surface area contributed by atoms with Gasteiger partial charge in [0, 0.05) is 85.5 Å². The second kappa shape index (κ2) is 17.6. The zero-order valence-corrected chi connectivity index (χ0v) is 38.1. The number of anilines is 3. The molecule has 66 heavy (non-hydrogen) atoms. The fraction of sp³-hybridized carbons (Fsp3) is 0.429. The lowest BCUT2D eigenvalue weighted by Gasteiger charge is -2.44. The molecule has 0 bridgehead atoms. The number of imide groups is 1. The maximum atomic E-state index is 13.0. The quantitative estimate of drug-likeness (QED) is 0.142. The summed E-state index contributed by atoms with van der Waals surface area (Å²) in [5, 5.41) is 10.3. The van der Waals surface area contributed by atoms with Gasteiger partial charge in [0.15, 0.2) is 5.82 Å². The number of fused-ring (bicyclic) bond motifs is 4. The number of piperazine rings is 1. The van der Waals surface area contributed by atoms with Crippen LogP contribution in [0.5, 0.6) is 0 Å². The highest BCUT2D eigenvalue weighted by atomic mass is 16.5. The van der Waals surface area contributed by atoms with Crippen LogP contribution in [0.1, 0.15) is 86.2 Å². The Bertz CT molecular complexity index is 2790. The predicted octanol–water partition coefficient (Wildman–Crippen LogP) is 6.55. The number of rotatable bonds is 9. The average molecular weight is 893 g/mol. The molecular formula is C49H56N12O5. The van der Waals surface area contributed by atoms with E-state index in [2.05, 4.69) is 75.8 Å². The van der Waals surface area contributed by atoms with Crippen molar-refractivity contribution in [3.8, 4) is 22.6 Å². The third-order valence-electron chi connectivity index (χ3n) is 13.5. The van der Waals surface area contributed by atoms with E-state index in [4.69, 9.17) is 19.2 Å². The van der Waals surface area contributed by atoms with Gasteiger partial charge < -0.3 is 29.4 Å². The highest BCUT2D eigenvalue weighted by molar-refractivity contribution is 6.05. The molecule has 0 unspecified atom stereocenters. The number of aryl methyl sites for hydroxylation is 1. The summed E-state index contributed by atoms with van der Waals surface area (Å²) < 4.78 is 11.6. The van der Waals surface area contributed by atoms with Gasteiger partial charge in [-0.1, -0.05) is 38.1 Å². The van der Waals surface area contributed by atoms with Crippen molar-refractivity contribution in [3.63, 3.8) is 0 Å². The standard InChI is InChI=1S/C49H56N12O5/c1-29-20-32(6-11-37(29)30(2)53-45(63)46-56-47(57-66-46)49(3,4)5)43-38-22-40(54-44(38)52-28-51-43)39-21-33-26-65-27-36-25-58(18-19-60(36)41(33)23-50-39)24-31-12-15-59(16-13-31)34-7-9-35(10-8-34)61-17-14-42(62)55-48(61)64/h6-11,20-23,28,30-31,36H,12-19,24-27H2,1-5H3,(H,53,63)(H,51,52,54)(H,55,62,64)/t30-,36+/m1/s1. The number of nitrogens with zero attached hydrogens (tertiary/aromatic N) is 9. The van der Waals surface area contributed by atoms with Gasteiger partial charge in [0.05, 0.1) is 54.3 Å². The van der Waals surface area contributed by atoms with Crippen LogP contribution in [-0.4, -0.2) is 111 Å². The minimum Gasteiger partial charge on any atom is -0.375 e. The van der Waals surface area contributed by atoms with Crippen molar-refractivity contribution in [2.75, 3.05) is 67.1 Å². The zero-order chi connectivity index (χ0) is 45.7. The SMILES string of the molecule is Cc1cc(-c2ncnc3[nH]c(-c4cc5c(cn4)N4CCN(CC6CCN(c7ccc(N8CCC(=O)NC8=O)cc7)CC6)C[C@H]4COC5)cc23)ccc1[C@@H](C)NC(=O)c1nc(C(C)(C)C)no1. The third kappa shape index (κ3) is 8.72. The van der Waals surface area contributed by atoms with Crippen molar-refractivity contribution in [2.45, 2.75) is 78.0 Å². The first kappa shape index (κ1) is 43.2. The van der Waals surface area contributed by atoms with E-state index in [9.17, 15) is 14.4 Å². The summed E-state index contributed by atoms with van der Waals surface area (Å²) >= 11 is 0. The van der Waals surface area contributed by atoms with Crippen LogP contribution in [0.4, 0.5) is 21.9 Å². The molecule has 4 aliphatic heterocycles. The zero-order valence-electron chi connectivity index (χ0n) is 38.1. The number of aromatic amines is 1. The molecule has 3 saturated heterocycles. The Labute approximate surface area is 383 Å². The van der Waals surface area contributed by atoms with Crippen LogP contribution < -0.4 is 25.3 Å². The number of aromatic nitrogens is 6. The number of carbonyl (C=O) groups excluding carboxylic acids is 3. The molecule has 10 rings (SSSR count). The van der Waals surface area contributed by atoms with Gasteiger partial charge in [-0.2, -0.15) is 4.98 Å². The highest BCUT2D eigenvalue weighted by Gasteiger charge is 2.33. The highest BCUT2D eigenvalue weighted by Crippen LogP contribution is 2.35.